The molecular formula is C76H84BClN16O10S2. The van der Waals surface area contributed by atoms with Crippen molar-refractivity contribution in [3.8, 4) is 22.8 Å². The minimum absolute atomic E-state index is 0.138. The van der Waals surface area contributed by atoms with E-state index >= 15 is 0 Å². The largest absolute Gasteiger partial charge is 0.496 e. The summed E-state index contributed by atoms with van der Waals surface area (Å²) in [5.74, 6) is 1.47. The Hall–Kier alpha value is -9.17. The maximum absolute atomic E-state index is 13.7. The van der Waals surface area contributed by atoms with Crippen molar-refractivity contribution in [3.05, 3.63) is 177 Å². The third-order valence-electron chi connectivity index (χ3n) is 21.8. The molecule has 10 aromatic heterocycles. The van der Waals surface area contributed by atoms with Crippen molar-refractivity contribution in [2.75, 3.05) is 86.1 Å². The van der Waals surface area contributed by atoms with Gasteiger partial charge in [0.25, 0.3) is 22.2 Å². The van der Waals surface area contributed by atoms with Crippen molar-refractivity contribution in [1.82, 2.24) is 58.4 Å². The first-order valence-corrected chi connectivity index (χ1v) is 38.1. The Morgan fingerprint density at radius 3 is 1.50 bits per heavy atom. The van der Waals surface area contributed by atoms with Gasteiger partial charge in [-0.3, -0.25) is 38.6 Å². The predicted octanol–water partition coefficient (Wildman–Crippen LogP) is 8.87. The molecule has 0 radical (unpaired) electrons. The molecule has 550 valence electrons. The maximum atomic E-state index is 13.7. The molecular weight excluding hydrogens is 1410 g/mol. The Balaban J connectivity index is 0.000000136. The molecule has 26 nitrogen and oxygen atoms in total. The number of halogens is 1. The molecule has 0 unspecified atom stereocenters. The van der Waals surface area contributed by atoms with Crippen molar-refractivity contribution < 1.29 is 28.4 Å². The topological polar surface area (TPSA) is 273 Å². The van der Waals surface area contributed by atoms with E-state index < -0.39 is 18.3 Å². The molecule has 30 heteroatoms. The van der Waals surface area contributed by atoms with E-state index in [1.807, 2.05) is 58.3 Å². The highest BCUT2D eigenvalue weighted by atomic mass is 35.5. The fourth-order valence-corrected chi connectivity index (χ4v) is 17.8. The van der Waals surface area contributed by atoms with Crippen molar-refractivity contribution in [2.45, 2.75) is 128 Å². The molecule has 2 atom stereocenters. The normalized spacial score (nSPS) is 19.5. The molecule has 10 aromatic rings. The van der Waals surface area contributed by atoms with E-state index in [1.54, 1.807) is 67.8 Å². The molecule has 5 saturated heterocycles. The molecule has 0 saturated carbocycles. The Morgan fingerprint density at radius 1 is 0.566 bits per heavy atom. The quantitative estimate of drug-likeness (QED) is 0.0759. The third-order valence-corrected chi connectivity index (χ3v) is 24.7. The maximum Gasteiger partial charge on any atom is 0.496 e. The highest BCUT2D eigenvalue weighted by Gasteiger charge is 2.52. The van der Waals surface area contributed by atoms with Gasteiger partial charge in [-0.2, -0.15) is 19.6 Å². The second-order valence-corrected chi connectivity index (χ2v) is 31.9. The fraction of sp³-hybridized carbons (Fsp3) is 0.421. The molecule has 106 heavy (non-hydrogen) atoms. The zero-order valence-electron chi connectivity index (χ0n) is 60.5. The van der Waals surface area contributed by atoms with E-state index in [0.717, 1.165) is 145 Å². The summed E-state index contributed by atoms with van der Waals surface area (Å²) >= 11 is 9.07. The molecule has 5 aliphatic heterocycles. The van der Waals surface area contributed by atoms with Gasteiger partial charge in [-0.15, -0.1) is 22.7 Å². The number of anilines is 6. The van der Waals surface area contributed by atoms with Gasteiger partial charge in [0, 0.05) is 122 Å². The number of carbonyl (C=O) groups is 2. The minimum Gasteiger partial charge on any atom is -0.399 e. The average molecular weight is 1490 g/mol. The number of nitrogens with one attached hydrogen (secondary N) is 2. The van der Waals surface area contributed by atoms with Crippen LogP contribution in [0.5, 0.6) is 0 Å². The van der Waals surface area contributed by atoms with Gasteiger partial charge in [0.05, 0.1) is 102 Å². The Morgan fingerprint density at radius 2 is 1.04 bits per heavy atom. The van der Waals surface area contributed by atoms with Crippen molar-refractivity contribution in [2.24, 2.45) is 14.1 Å². The van der Waals surface area contributed by atoms with Crippen LogP contribution in [0.1, 0.15) is 109 Å². The zero-order chi connectivity index (χ0) is 73.9. The smallest absolute Gasteiger partial charge is 0.399 e. The Bertz CT molecular complexity index is 5250. The van der Waals surface area contributed by atoms with Gasteiger partial charge >= 0.3 is 7.12 Å². The van der Waals surface area contributed by atoms with E-state index in [1.165, 1.54) is 69.7 Å². The third kappa shape index (κ3) is 14.0. The second kappa shape index (κ2) is 29.9. The van der Waals surface area contributed by atoms with Gasteiger partial charge in [-0.1, -0.05) is 11.6 Å². The number of piperazine rings is 2. The summed E-state index contributed by atoms with van der Waals surface area (Å²) < 4.78 is 29.8. The number of aryl methyl sites for hydroxylation is 6. The number of carbonyl (C=O) groups excluding carboxylic acids is 2. The number of pyridine rings is 6. The monoisotopic (exact) mass is 1490 g/mol. The number of nitrogens with zero attached hydrogens (tertiary/aromatic N) is 14. The number of hydrogen-bond donors (Lipinski definition) is 2. The molecule has 2 N–H and O–H groups in total. The molecule has 2 aliphatic carbocycles. The number of aldehydes is 2. The van der Waals surface area contributed by atoms with E-state index in [0.29, 0.717) is 80.3 Å². The van der Waals surface area contributed by atoms with Crippen LogP contribution in [0.4, 0.5) is 34.4 Å². The predicted molar refractivity (Wildman–Crippen MR) is 414 cm³/mol. The SMILES string of the molecule is C[C@H]1CN(C2COC2)CCN1c1ccc(Nc2cc(-c3ccnc(-n4ncc5c6c(sc5c4=O)CCCC6)c3C=O)cn(C)c2=O)nc1.C[C@H]1CN(C2COC2)CCN1c1ccc(Nc2cc(B3OC(C)(C)C(C)(C)O3)cn(C)c2=O)nc1.O=Cc1c(Cl)ccnc1-n1ncc2c3c(sc2c1=O)CCCC3. The van der Waals surface area contributed by atoms with Crippen molar-refractivity contribution in [3.63, 3.8) is 0 Å². The standard InChI is InChI=1S/C35H36N8O4S.C25H36BN5O4.C16H12ClN3O2S/c1-21-16-41(24-19-47-20-24)11-12-42(21)23-7-8-31(37-14-23)39-29-13-22(17-40(2)34(29)45)25-9-10-36-33(28(25)18-44)43-35(46)32-27(15-38-43)26-5-3-4-6-30(26)48-32;1-17-13-30(20-15-33-16-20)9-10-31(17)19-7-8-22(27-12-19)28-21-11-18(14-29(6)23(21)32)26-34-24(2,3)25(4,5)35-26;17-12-5-6-18-15(11(12)8-21)20-16(22)14-10(7-19-20)9-3-1-2-4-13(9)23-14/h7-10,13-15,17-18,21,24H,3-6,11-12,16,19-20H2,1-2H3,(H,37,39);7-8,11-12,14,17,20H,9-10,13,15-16H2,1-6H3,(H,27,28);5-8H,1-4H2/t21-;17-;/m00./s1. The summed E-state index contributed by atoms with van der Waals surface area (Å²) in [5.41, 5.74) is 5.79. The highest BCUT2D eigenvalue weighted by Crippen LogP contribution is 2.39. The van der Waals surface area contributed by atoms with Crippen LogP contribution in [-0.2, 0) is 58.6 Å². The van der Waals surface area contributed by atoms with Crippen LogP contribution in [0.15, 0.2) is 117 Å². The molecule has 5 fully saturated rings. The van der Waals surface area contributed by atoms with Gasteiger partial charge in [0.2, 0.25) is 0 Å². The first kappa shape index (κ1) is 72.4. The molecule has 0 spiro atoms. The molecule has 15 heterocycles. The van der Waals surface area contributed by atoms with Crippen LogP contribution in [-0.4, -0.2) is 179 Å². The van der Waals surface area contributed by atoms with Crippen LogP contribution in [0.2, 0.25) is 5.02 Å². The van der Waals surface area contributed by atoms with Gasteiger partial charge < -0.3 is 48.4 Å². The first-order valence-electron chi connectivity index (χ1n) is 36.1. The van der Waals surface area contributed by atoms with Crippen LogP contribution in [0.3, 0.4) is 0 Å². The average Bonchev–Trinajstić information content (AvgIpc) is 1.44. The van der Waals surface area contributed by atoms with Gasteiger partial charge in [0.15, 0.2) is 24.2 Å². The van der Waals surface area contributed by atoms with Crippen molar-refractivity contribution in [1.29, 1.82) is 0 Å². The van der Waals surface area contributed by atoms with Gasteiger partial charge in [0.1, 0.15) is 32.4 Å². The van der Waals surface area contributed by atoms with Gasteiger partial charge in [-0.25, -0.2) is 19.9 Å². The zero-order valence-corrected chi connectivity index (χ0v) is 62.9. The second-order valence-electron chi connectivity index (χ2n) is 29.3. The summed E-state index contributed by atoms with van der Waals surface area (Å²) in [6, 6.07) is 16.4. The lowest BCUT2D eigenvalue weighted by Crippen LogP contribution is -2.59. The Kier molecular flexibility index (Phi) is 20.4. The molecule has 0 bridgehead atoms. The number of fused-ring (bicyclic) bond motifs is 6. The lowest BCUT2D eigenvalue weighted by molar-refractivity contribution is -0.0691. The van der Waals surface area contributed by atoms with Crippen LogP contribution < -0.4 is 48.1 Å². The lowest BCUT2D eigenvalue weighted by Gasteiger charge is -2.46. The summed E-state index contributed by atoms with van der Waals surface area (Å²) in [7, 11) is 2.84. The number of aromatic nitrogens is 10. The number of hydrogen-bond acceptors (Lipinski definition) is 24. The van der Waals surface area contributed by atoms with Crippen LogP contribution >= 0.6 is 34.3 Å². The molecule has 0 aromatic carbocycles. The minimum atomic E-state index is -0.547. The molecule has 17 rings (SSSR count). The highest BCUT2D eigenvalue weighted by molar-refractivity contribution is 7.19. The number of thiophene rings is 2. The van der Waals surface area contributed by atoms with Crippen molar-refractivity contribution >= 4 is 114 Å². The van der Waals surface area contributed by atoms with E-state index in [9.17, 15) is 28.8 Å². The first-order chi connectivity index (χ1) is 51.1. The lowest BCUT2D eigenvalue weighted by atomic mass is 9.80. The number of ether oxygens (including phenoxy) is 2. The van der Waals surface area contributed by atoms with Crippen LogP contribution in [0.25, 0.3) is 42.9 Å². The van der Waals surface area contributed by atoms with Gasteiger partial charge in [-0.05, 0) is 158 Å². The fourth-order valence-electron chi connectivity index (χ4n) is 15.0. The van der Waals surface area contributed by atoms with Crippen LogP contribution in [0, 0.1) is 0 Å². The van der Waals surface area contributed by atoms with E-state index in [-0.39, 0.29) is 50.0 Å². The summed E-state index contributed by atoms with van der Waals surface area (Å²) in [6.07, 6.45) is 23.3. The van der Waals surface area contributed by atoms with E-state index in [2.05, 4.69) is 80.3 Å². The summed E-state index contributed by atoms with van der Waals surface area (Å²) in [5, 5.41) is 17.2. The number of rotatable bonds is 14. The molecule has 0 amide bonds. The van der Waals surface area contributed by atoms with E-state index in [4.69, 9.17) is 30.4 Å². The summed E-state index contributed by atoms with van der Waals surface area (Å²) in [6.45, 7) is 21.8. The summed E-state index contributed by atoms with van der Waals surface area (Å²) in [4.78, 5) is 107. The molecule has 7 aliphatic rings. The Labute approximate surface area is 625 Å².